The highest BCUT2D eigenvalue weighted by molar-refractivity contribution is 14.0. The predicted octanol–water partition coefficient (Wildman–Crippen LogP) is 4.55. The molecule has 0 unspecified atom stereocenters. The molecule has 3 rings (SSSR count). The first-order valence-corrected chi connectivity index (χ1v) is 9.03. The Morgan fingerprint density at radius 3 is 2.59 bits per heavy atom. The fourth-order valence-electron chi connectivity index (χ4n) is 2.65. The molecule has 1 heterocycles. The average Bonchev–Trinajstić information content (AvgIpc) is 3.21. The van der Waals surface area contributed by atoms with Gasteiger partial charge < -0.3 is 24.6 Å². The normalized spacial score (nSPS) is 10.8. The second kappa shape index (κ2) is 11.3. The predicted molar refractivity (Wildman–Crippen MR) is 125 cm³/mol. The van der Waals surface area contributed by atoms with Crippen molar-refractivity contribution in [3.63, 3.8) is 0 Å². The zero-order chi connectivity index (χ0) is 19.8. The van der Waals surface area contributed by atoms with Gasteiger partial charge in [0.25, 0.3) is 0 Å². The van der Waals surface area contributed by atoms with E-state index in [0.29, 0.717) is 30.6 Å². The lowest BCUT2D eigenvalue weighted by atomic mass is 10.2. The number of benzene rings is 2. The number of anilines is 1. The molecule has 29 heavy (non-hydrogen) atoms. The summed E-state index contributed by atoms with van der Waals surface area (Å²) in [6, 6.07) is 17.4. The van der Waals surface area contributed by atoms with Crippen molar-refractivity contribution in [3.05, 3.63) is 60.3 Å². The third kappa shape index (κ3) is 6.11. The molecule has 0 radical (unpaired) electrons. The highest BCUT2D eigenvalue weighted by atomic mass is 127. The summed E-state index contributed by atoms with van der Waals surface area (Å²) in [6.45, 7) is 2.97. The van der Waals surface area contributed by atoms with E-state index in [4.69, 9.17) is 14.0 Å². The first kappa shape index (κ1) is 22.5. The van der Waals surface area contributed by atoms with Crippen molar-refractivity contribution in [2.75, 3.05) is 26.1 Å². The van der Waals surface area contributed by atoms with E-state index in [-0.39, 0.29) is 24.0 Å². The first-order chi connectivity index (χ1) is 13.7. The van der Waals surface area contributed by atoms with Gasteiger partial charge in [0.05, 0.1) is 20.3 Å². The Balaban J connectivity index is 0.00000300. The minimum Gasteiger partial charge on any atom is -0.493 e. The number of aliphatic imine (C=N–C) groups is 1. The van der Waals surface area contributed by atoms with Crippen LogP contribution in [-0.2, 0) is 6.54 Å². The molecule has 2 aromatic carbocycles. The van der Waals surface area contributed by atoms with Gasteiger partial charge >= 0.3 is 0 Å². The summed E-state index contributed by atoms with van der Waals surface area (Å²) in [5.41, 5.74) is 2.61. The van der Waals surface area contributed by atoms with Crippen LogP contribution in [0.25, 0.3) is 11.3 Å². The summed E-state index contributed by atoms with van der Waals surface area (Å²) in [7, 11) is 3.33. The van der Waals surface area contributed by atoms with Crippen LogP contribution < -0.4 is 20.1 Å². The number of halogens is 1. The lowest BCUT2D eigenvalue weighted by molar-refractivity contribution is 0.311. The Labute approximate surface area is 187 Å². The van der Waals surface area contributed by atoms with Crippen molar-refractivity contribution >= 4 is 35.6 Å². The molecule has 0 aliphatic carbocycles. The van der Waals surface area contributed by atoms with Crippen LogP contribution in [0.15, 0.2) is 64.1 Å². The third-order valence-electron chi connectivity index (χ3n) is 4.00. The van der Waals surface area contributed by atoms with Crippen molar-refractivity contribution in [3.8, 4) is 22.8 Å². The first-order valence-electron chi connectivity index (χ1n) is 9.03. The van der Waals surface area contributed by atoms with Gasteiger partial charge in [-0.05, 0) is 19.1 Å². The molecule has 0 saturated carbocycles. The van der Waals surface area contributed by atoms with Gasteiger partial charge in [-0.25, -0.2) is 0 Å². The molecular weight excluding hydrogens is 483 g/mol. The molecule has 7 nitrogen and oxygen atoms in total. The Kier molecular flexibility index (Phi) is 8.78. The monoisotopic (exact) mass is 508 g/mol. The van der Waals surface area contributed by atoms with Crippen LogP contribution in [0, 0.1) is 0 Å². The second-order valence-electron chi connectivity index (χ2n) is 5.90. The largest absolute Gasteiger partial charge is 0.493 e. The van der Waals surface area contributed by atoms with Gasteiger partial charge in [0.1, 0.15) is 5.69 Å². The number of methoxy groups -OCH3 is 1. The van der Waals surface area contributed by atoms with Crippen LogP contribution in [-0.4, -0.2) is 31.9 Å². The number of rotatable bonds is 7. The highest BCUT2D eigenvalue weighted by Gasteiger charge is 2.09. The minimum atomic E-state index is 0. The molecule has 0 spiro atoms. The quantitative estimate of drug-likeness (QED) is 0.277. The van der Waals surface area contributed by atoms with Crippen molar-refractivity contribution < 1.29 is 14.0 Å². The van der Waals surface area contributed by atoms with E-state index in [2.05, 4.69) is 20.8 Å². The number of nitrogens with one attached hydrogen (secondary N) is 2. The molecular formula is C21H25IN4O3. The summed E-state index contributed by atoms with van der Waals surface area (Å²) < 4.78 is 16.3. The molecule has 0 saturated heterocycles. The summed E-state index contributed by atoms with van der Waals surface area (Å²) in [5, 5.41) is 10.6. The van der Waals surface area contributed by atoms with Gasteiger partial charge in [0, 0.05) is 30.4 Å². The minimum absolute atomic E-state index is 0. The molecule has 3 aromatic rings. The van der Waals surface area contributed by atoms with Gasteiger partial charge in [-0.3, -0.25) is 4.99 Å². The van der Waals surface area contributed by atoms with Crippen molar-refractivity contribution in [2.45, 2.75) is 13.5 Å². The molecule has 1 aromatic heterocycles. The smallest absolute Gasteiger partial charge is 0.195 e. The van der Waals surface area contributed by atoms with Crippen molar-refractivity contribution in [1.82, 2.24) is 10.5 Å². The van der Waals surface area contributed by atoms with Crippen LogP contribution in [0.4, 0.5) is 5.69 Å². The number of hydrogen-bond acceptors (Lipinski definition) is 5. The molecule has 0 fully saturated rings. The molecule has 154 valence electrons. The van der Waals surface area contributed by atoms with E-state index in [1.165, 1.54) is 0 Å². The van der Waals surface area contributed by atoms with Crippen LogP contribution >= 0.6 is 24.0 Å². The summed E-state index contributed by atoms with van der Waals surface area (Å²) in [6.07, 6.45) is 0. The maximum absolute atomic E-state index is 5.61. The van der Waals surface area contributed by atoms with E-state index < -0.39 is 0 Å². The molecule has 0 bridgehead atoms. The van der Waals surface area contributed by atoms with Crippen LogP contribution in [0.3, 0.4) is 0 Å². The lowest BCUT2D eigenvalue weighted by Crippen LogP contribution is -2.30. The zero-order valence-electron chi connectivity index (χ0n) is 16.6. The summed E-state index contributed by atoms with van der Waals surface area (Å²) >= 11 is 0. The molecule has 8 heteroatoms. The van der Waals surface area contributed by atoms with Crippen molar-refractivity contribution in [1.29, 1.82) is 0 Å². The standard InChI is InChI=1S/C21H24N4O3.HI/c1-4-27-20-12-16(10-11-18(20)26-3)24-21(22-2)23-14-17-13-19(28-25-17)15-8-6-5-7-9-15;/h5-13H,4,14H2,1-3H3,(H2,22,23,24);1H. The van der Waals surface area contributed by atoms with Gasteiger partial charge in [-0.1, -0.05) is 35.5 Å². The Morgan fingerprint density at radius 2 is 1.90 bits per heavy atom. The fourth-order valence-corrected chi connectivity index (χ4v) is 2.65. The second-order valence-corrected chi connectivity index (χ2v) is 5.90. The number of guanidine groups is 1. The molecule has 0 aliphatic rings. The highest BCUT2D eigenvalue weighted by Crippen LogP contribution is 2.30. The maximum atomic E-state index is 5.61. The SMILES string of the molecule is CCOc1cc(NC(=NC)NCc2cc(-c3ccccc3)on2)ccc1OC.I. The van der Waals surface area contributed by atoms with Gasteiger partial charge in [0.2, 0.25) is 0 Å². The number of hydrogen-bond donors (Lipinski definition) is 2. The van der Waals surface area contributed by atoms with Gasteiger partial charge in [-0.15, -0.1) is 24.0 Å². The Morgan fingerprint density at radius 1 is 1.10 bits per heavy atom. The number of nitrogens with zero attached hydrogens (tertiary/aromatic N) is 2. The molecule has 0 aliphatic heterocycles. The van der Waals surface area contributed by atoms with Gasteiger partial charge in [0.15, 0.2) is 23.2 Å². The number of ether oxygens (including phenoxy) is 2. The third-order valence-corrected chi connectivity index (χ3v) is 4.00. The topological polar surface area (TPSA) is 80.9 Å². The van der Waals surface area contributed by atoms with E-state index in [1.54, 1.807) is 14.2 Å². The van der Waals surface area contributed by atoms with Crippen LogP contribution in [0.2, 0.25) is 0 Å². The lowest BCUT2D eigenvalue weighted by Gasteiger charge is -2.14. The average molecular weight is 508 g/mol. The Bertz CT molecular complexity index is 929. The van der Waals surface area contributed by atoms with E-state index >= 15 is 0 Å². The van der Waals surface area contributed by atoms with E-state index in [9.17, 15) is 0 Å². The number of aromatic nitrogens is 1. The van der Waals surface area contributed by atoms with Crippen LogP contribution in [0.5, 0.6) is 11.5 Å². The summed E-state index contributed by atoms with van der Waals surface area (Å²) in [5.74, 6) is 2.70. The maximum Gasteiger partial charge on any atom is 0.195 e. The van der Waals surface area contributed by atoms with Crippen molar-refractivity contribution in [2.24, 2.45) is 4.99 Å². The molecule has 0 amide bonds. The Hall–Kier alpha value is -2.75. The van der Waals surface area contributed by atoms with E-state index in [0.717, 1.165) is 22.7 Å². The van der Waals surface area contributed by atoms with Crippen LogP contribution in [0.1, 0.15) is 12.6 Å². The molecule has 2 N–H and O–H groups in total. The zero-order valence-corrected chi connectivity index (χ0v) is 19.0. The fraction of sp³-hybridized carbons (Fsp3) is 0.238. The van der Waals surface area contributed by atoms with E-state index in [1.807, 2.05) is 61.5 Å². The molecule has 0 atom stereocenters. The van der Waals surface area contributed by atoms with Gasteiger partial charge in [-0.2, -0.15) is 0 Å². The summed E-state index contributed by atoms with van der Waals surface area (Å²) in [4.78, 5) is 4.25.